The van der Waals surface area contributed by atoms with Gasteiger partial charge in [0.1, 0.15) is 11.9 Å². The monoisotopic (exact) mass is 225 g/mol. The Kier molecular flexibility index (Phi) is 3.44. The van der Waals surface area contributed by atoms with Crippen LogP contribution in [-0.4, -0.2) is 34.2 Å². The summed E-state index contributed by atoms with van der Waals surface area (Å²) >= 11 is 0. The van der Waals surface area contributed by atoms with Gasteiger partial charge in [0, 0.05) is 13.2 Å². The molecule has 0 amide bonds. The highest BCUT2D eigenvalue weighted by Crippen LogP contribution is 2.30. The van der Waals surface area contributed by atoms with E-state index in [2.05, 4.69) is 4.98 Å². The highest BCUT2D eigenvalue weighted by Gasteiger charge is 2.27. The van der Waals surface area contributed by atoms with E-state index in [9.17, 15) is 15.2 Å². The van der Waals surface area contributed by atoms with Crippen LogP contribution in [0.5, 0.6) is 0 Å². The van der Waals surface area contributed by atoms with Gasteiger partial charge in [0.25, 0.3) is 0 Å². The van der Waals surface area contributed by atoms with Crippen molar-refractivity contribution in [1.29, 1.82) is 0 Å². The average Bonchev–Trinajstić information content (AvgIpc) is 2.28. The summed E-state index contributed by atoms with van der Waals surface area (Å²) in [7, 11) is 1.71. The molecule has 0 aliphatic rings. The molecular weight excluding hydrogens is 210 g/mol. The fourth-order valence-corrected chi connectivity index (χ4v) is 1.24. The van der Waals surface area contributed by atoms with Crippen LogP contribution in [0.3, 0.4) is 0 Å². The van der Waals surface area contributed by atoms with Crippen molar-refractivity contribution in [3.05, 3.63) is 28.6 Å². The maximum atomic E-state index is 10.8. The number of nitro groups is 1. The van der Waals surface area contributed by atoms with Gasteiger partial charge in [-0.05, 0) is 19.9 Å². The Morgan fingerprint density at radius 1 is 1.62 bits per heavy atom. The normalized spacial score (nSPS) is 11.2. The lowest BCUT2D eigenvalue weighted by molar-refractivity contribution is -0.384. The first-order valence-electron chi connectivity index (χ1n) is 4.83. The van der Waals surface area contributed by atoms with Gasteiger partial charge in [0.05, 0.1) is 17.1 Å². The molecule has 16 heavy (non-hydrogen) atoms. The Morgan fingerprint density at radius 3 is 2.75 bits per heavy atom. The molecule has 0 radical (unpaired) electrons. The van der Waals surface area contributed by atoms with Crippen LogP contribution in [0, 0.1) is 10.1 Å². The summed E-state index contributed by atoms with van der Waals surface area (Å²) in [6.45, 7) is 3.51. The topological polar surface area (TPSA) is 79.5 Å². The molecule has 0 atom stereocenters. The van der Waals surface area contributed by atoms with Crippen molar-refractivity contribution in [1.82, 2.24) is 4.98 Å². The van der Waals surface area contributed by atoms with Gasteiger partial charge >= 0.3 is 5.69 Å². The molecule has 88 valence electrons. The van der Waals surface area contributed by atoms with Crippen molar-refractivity contribution in [3.8, 4) is 0 Å². The van der Waals surface area contributed by atoms with E-state index in [4.69, 9.17) is 0 Å². The lowest BCUT2D eigenvalue weighted by Crippen LogP contribution is -2.44. The molecule has 0 saturated heterocycles. The number of hydrogen-bond acceptors (Lipinski definition) is 5. The van der Waals surface area contributed by atoms with Crippen LogP contribution >= 0.6 is 0 Å². The van der Waals surface area contributed by atoms with Gasteiger partial charge in [-0.25, -0.2) is 0 Å². The summed E-state index contributed by atoms with van der Waals surface area (Å²) < 4.78 is 0. The Bertz CT molecular complexity index is 393. The Labute approximate surface area is 93.7 Å². The summed E-state index contributed by atoms with van der Waals surface area (Å²) in [4.78, 5) is 15.7. The largest absolute Gasteiger partial charge is 0.394 e. The number of nitrogens with zero attached hydrogens (tertiary/aromatic N) is 3. The Hall–Kier alpha value is -1.69. The second-order valence-electron chi connectivity index (χ2n) is 4.15. The molecule has 1 aromatic heterocycles. The van der Waals surface area contributed by atoms with Crippen molar-refractivity contribution in [2.24, 2.45) is 0 Å². The van der Waals surface area contributed by atoms with Gasteiger partial charge < -0.3 is 10.0 Å². The highest BCUT2D eigenvalue weighted by molar-refractivity contribution is 5.62. The zero-order valence-electron chi connectivity index (χ0n) is 9.54. The molecule has 0 aliphatic heterocycles. The molecule has 1 N–H and O–H groups in total. The van der Waals surface area contributed by atoms with Crippen LogP contribution < -0.4 is 4.90 Å². The maximum Gasteiger partial charge on any atom is 0.310 e. The van der Waals surface area contributed by atoms with Crippen LogP contribution in [0.2, 0.25) is 0 Å². The van der Waals surface area contributed by atoms with E-state index < -0.39 is 10.5 Å². The lowest BCUT2D eigenvalue weighted by Gasteiger charge is -2.35. The highest BCUT2D eigenvalue weighted by atomic mass is 16.6. The summed E-state index contributed by atoms with van der Waals surface area (Å²) in [5.74, 6) is 0. The fourth-order valence-electron chi connectivity index (χ4n) is 1.24. The molecule has 6 nitrogen and oxygen atoms in total. The maximum absolute atomic E-state index is 10.8. The van der Waals surface area contributed by atoms with Crippen molar-refractivity contribution < 1.29 is 10.0 Å². The summed E-state index contributed by atoms with van der Waals surface area (Å²) in [5.41, 5.74) is -0.183. The molecule has 6 heteroatoms. The zero-order valence-corrected chi connectivity index (χ0v) is 9.54. The standard InChI is InChI=1S/C10H15N3O3/c1-10(2,7-14)12(3)8-4-5-11-6-9(8)13(15)16/h4-6,14H,7H2,1-3H3. The molecule has 0 saturated carbocycles. The third kappa shape index (κ3) is 2.27. The fraction of sp³-hybridized carbons (Fsp3) is 0.500. The lowest BCUT2D eigenvalue weighted by atomic mass is 10.0. The zero-order chi connectivity index (χ0) is 12.3. The van der Waals surface area contributed by atoms with Gasteiger partial charge in [-0.1, -0.05) is 0 Å². The minimum atomic E-state index is -0.563. The summed E-state index contributed by atoms with van der Waals surface area (Å²) in [5, 5.41) is 20.0. The second kappa shape index (κ2) is 4.44. The Balaban J connectivity index is 3.18. The first kappa shape index (κ1) is 12.4. The van der Waals surface area contributed by atoms with E-state index >= 15 is 0 Å². The van der Waals surface area contributed by atoms with Gasteiger partial charge in [-0.15, -0.1) is 0 Å². The predicted molar refractivity (Wildman–Crippen MR) is 60.5 cm³/mol. The first-order chi connectivity index (χ1) is 7.40. The number of hydrogen-bond donors (Lipinski definition) is 1. The minimum Gasteiger partial charge on any atom is -0.394 e. The molecule has 1 aromatic rings. The van der Waals surface area contributed by atoms with E-state index in [1.807, 2.05) is 0 Å². The SMILES string of the molecule is CN(c1ccncc1[N+](=O)[O-])C(C)(C)CO. The number of likely N-dealkylation sites (N-methyl/N-ethyl adjacent to an activating group) is 1. The number of aliphatic hydroxyl groups is 1. The molecule has 0 spiro atoms. The molecule has 0 bridgehead atoms. The molecule has 0 aromatic carbocycles. The number of anilines is 1. The van der Waals surface area contributed by atoms with E-state index in [1.54, 1.807) is 31.9 Å². The smallest absolute Gasteiger partial charge is 0.310 e. The van der Waals surface area contributed by atoms with E-state index in [1.165, 1.54) is 12.4 Å². The van der Waals surface area contributed by atoms with Crippen molar-refractivity contribution in [2.75, 3.05) is 18.6 Å². The predicted octanol–water partition coefficient (Wildman–Crippen LogP) is 1.20. The number of pyridine rings is 1. The molecule has 0 unspecified atom stereocenters. The van der Waals surface area contributed by atoms with Crippen molar-refractivity contribution >= 4 is 11.4 Å². The van der Waals surface area contributed by atoms with E-state index in [-0.39, 0.29) is 12.3 Å². The van der Waals surface area contributed by atoms with Crippen molar-refractivity contribution in [3.63, 3.8) is 0 Å². The van der Waals surface area contributed by atoms with Gasteiger partial charge in [0.2, 0.25) is 0 Å². The quantitative estimate of drug-likeness (QED) is 0.615. The van der Waals surface area contributed by atoms with E-state index in [0.717, 1.165) is 0 Å². The molecule has 1 heterocycles. The van der Waals surface area contributed by atoms with Crippen LogP contribution in [0.4, 0.5) is 11.4 Å². The number of aliphatic hydroxyl groups excluding tert-OH is 1. The Morgan fingerprint density at radius 2 is 2.25 bits per heavy atom. The van der Waals surface area contributed by atoms with Gasteiger partial charge in [-0.2, -0.15) is 0 Å². The average molecular weight is 225 g/mol. The third-order valence-corrected chi connectivity index (χ3v) is 2.63. The number of aromatic nitrogens is 1. The molecular formula is C10H15N3O3. The second-order valence-corrected chi connectivity index (χ2v) is 4.15. The summed E-state index contributed by atoms with van der Waals surface area (Å²) in [6, 6.07) is 1.57. The van der Waals surface area contributed by atoms with Crippen LogP contribution in [0.1, 0.15) is 13.8 Å². The van der Waals surface area contributed by atoms with Crippen LogP contribution in [-0.2, 0) is 0 Å². The molecule has 1 rings (SSSR count). The summed E-state index contributed by atoms with van der Waals surface area (Å²) in [6.07, 6.45) is 2.70. The van der Waals surface area contributed by atoms with Crippen LogP contribution in [0.15, 0.2) is 18.5 Å². The number of rotatable bonds is 4. The van der Waals surface area contributed by atoms with Crippen LogP contribution in [0.25, 0.3) is 0 Å². The van der Waals surface area contributed by atoms with Gasteiger partial charge in [-0.3, -0.25) is 15.1 Å². The van der Waals surface area contributed by atoms with Crippen molar-refractivity contribution in [2.45, 2.75) is 19.4 Å². The molecule has 0 fully saturated rings. The molecule has 0 aliphatic carbocycles. The van der Waals surface area contributed by atoms with E-state index in [0.29, 0.717) is 5.69 Å². The minimum absolute atomic E-state index is 0.0634. The first-order valence-corrected chi connectivity index (χ1v) is 4.83. The third-order valence-electron chi connectivity index (χ3n) is 2.63. The van der Waals surface area contributed by atoms with Gasteiger partial charge in [0.15, 0.2) is 0 Å².